The van der Waals surface area contributed by atoms with E-state index in [-0.39, 0.29) is 26.4 Å². The van der Waals surface area contributed by atoms with Crippen molar-refractivity contribution in [3.63, 3.8) is 0 Å². The van der Waals surface area contributed by atoms with Crippen LogP contribution < -0.4 is 5.14 Å². The number of rotatable bonds is 6. The van der Waals surface area contributed by atoms with Gasteiger partial charge in [-0.2, -0.15) is 0 Å². The maximum atomic E-state index is 12.3. The van der Waals surface area contributed by atoms with Crippen molar-refractivity contribution >= 4 is 39.1 Å². The number of hydrogen-bond acceptors (Lipinski definition) is 3. The van der Waals surface area contributed by atoms with Crippen LogP contribution in [-0.4, -0.2) is 32.8 Å². The lowest BCUT2D eigenvalue weighted by Crippen LogP contribution is -2.28. The van der Waals surface area contributed by atoms with Gasteiger partial charge >= 0.3 is 0 Å². The van der Waals surface area contributed by atoms with Crippen LogP contribution in [0.5, 0.6) is 0 Å². The molecule has 0 aliphatic carbocycles. The third-order valence-electron chi connectivity index (χ3n) is 3.00. The van der Waals surface area contributed by atoms with Crippen molar-refractivity contribution in [3.8, 4) is 0 Å². The molecule has 0 unspecified atom stereocenters. The molecule has 5 nitrogen and oxygen atoms in total. The highest BCUT2D eigenvalue weighted by Gasteiger charge is 2.21. The van der Waals surface area contributed by atoms with Gasteiger partial charge in [0, 0.05) is 13.6 Å². The molecule has 0 aromatic heterocycles. The van der Waals surface area contributed by atoms with Crippen LogP contribution in [0.2, 0.25) is 10.0 Å². The fraction of sp³-hybridized carbons (Fsp3) is 0.462. The van der Waals surface area contributed by atoms with Crippen molar-refractivity contribution in [2.75, 3.05) is 13.6 Å². The lowest BCUT2D eigenvalue weighted by atomic mass is 10.2. The van der Waals surface area contributed by atoms with E-state index in [0.717, 1.165) is 25.3 Å². The second-order valence-electron chi connectivity index (χ2n) is 4.74. The van der Waals surface area contributed by atoms with Gasteiger partial charge in [0.25, 0.3) is 5.91 Å². The van der Waals surface area contributed by atoms with Crippen LogP contribution in [0.1, 0.15) is 36.5 Å². The van der Waals surface area contributed by atoms with Crippen LogP contribution in [0.15, 0.2) is 17.0 Å². The summed E-state index contributed by atoms with van der Waals surface area (Å²) in [4.78, 5) is 13.5. The number of carbonyl (C=O) groups is 1. The van der Waals surface area contributed by atoms with Crippen molar-refractivity contribution < 1.29 is 13.2 Å². The topological polar surface area (TPSA) is 80.5 Å². The number of sulfonamides is 1. The van der Waals surface area contributed by atoms with E-state index in [9.17, 15) is 13.2 Å². The molecule has 0 aliphatic heterocycles. The minimum atomic E-state index is -4.01. The Labute approximate surface area is 135 Å². The quantitative estimate of drug-likeness (QED) is 0.799. The predicted octanol–water partition coefficient (Wildman–Crippen LogP) is 2.90. The van der Waals surface area contributed by atoms with Crippen LogP contribution in [0, 0.1) is 0 Å². The number of carbonyl (C=O) groups excluding carboxylic acids is 1. The summed E-state index contributed by atoms with van der Waals surface area (Å²) in [7, 11) is -2.38. The molecular formula is C13H18Cl2N2O3S. The smallest absolute Gasteiger partial charge is 0.255 e. The second-order valence-corrected chi connectivity index (χ2v) is 7.09. The molecule has 1 amide bonds. The summed E-state index contributed by atoms with van der Waals surface area (Å²) in [6.45, 7) is 2.63. The Kier molecular flexibility index (Phi) is 6.46. The van der Waals surface area contributed by atoms with Crippen molar-refractivity contribution in [2.24, 2.45) is 5.14 Å². The average molecular weight is 353 g/mol. The largest absolute Gasteiger partial charge is 0.342 e. The van der Waals surface area contributed by atoms with Gasteiger partial charge in [-0.1, -0.05) is 43.0 Å². The lowest BCUT2D eigenvalue weighted by molar-refractivity contribution is 0.0792. The summed E-state index contributed by atoms with van der Waals surface area (Å²) in [5.41, 5.74) is 0.0732. The number of halogens is 2. The third-order valence-corrected chi connectivity index (χ3v) is 4.69. The van der Waals surface area contributed by atoms with E-state index in [0.29, 0.717) is 6.54 Å². The Balaban J connectivity index is 3.10. The van der Waals surface area contributed by atoms with E-state index in [1.54, 1.807) is 7.05 Å². The highest BCUT2D eigenvalue weighted by molar-refractivity contribution is 7.89. The van der Waals surface area contributed by atoms with Gasteiger partial charge in [0.15, 0.2) is 0 Å². The van der Waals surface area contributed by atoms with Crippen molar-refractivity contribution in [1.29, 1.82) is 0 Å². The first-order chi connectivity index (χ1) is 9.68. The number of nitrogens with two attached hydrogens (primary N) is 1. The minimum absolute atomic E-state index is 0.0732. The fourth-order valence-electron chi connectivity index (χ4n) is 1.82. The summed E-state index contributed by atoms with van der Waals surface area (Å²) in [5, 5.41) is 5.06. The van der Waals surface area contributed by atoms with Crippen LogP contribution in [0.25, 0.3) is 0 Å². The van der Waals surface area contributed by atoms with E-state index in [2.05, 4.69) is 6.92 Å². The maximum Gasteiger partial charge on any atom is 0.255 e. The van der Waals surface area contributed by atoms with Gasteiger partial charge in [-0.3, -0.25) is 4.79 Å². The average Bonchev–Trinajstić information content (AvgIpc) is 2.36. The summed E-state index contributed by atoms with van der Waals surface area (Å²) in [6.07, 6.45) is 2.92. The van der Waals surface area contributed by atoms with Crippen LogP contribution >= 0.6 is 23.2 Å². The number of amides is 1. The van der Waals surface area contributed by atoms with E-state index in [1.807, 2.05) is 0 Å². The van der Waals surface area contributed by atoms with Crippen molar-refractivity contribution in [3.05, 3.63) is 27.7 Å². The summed E-state index contributed by atoms with van der Waals surface area (Å²) >= 11 is 11.8. The Morgan fingerprint density at radius 2 is 1.86 bits per heavy atom. The molecule has 0 spiro atoms. The van der Waals surface area contributed by atoms with E-state index >= 15 is 0 Å². The molecule has 0 aliphatic rings. The molecule has 0 radical (unpaired) electrons. The molecule has 1 aromatic carbocycles. The molecule has 1 rings (SSSR count). The molecule has 0 fully saturated rings. The first-order valence-corrected chi connectivity index (χ1v) is 8.76. The highest BCUT2D eigenvalue weighted by Crippen LogP contribution is 2.28. The first kappa shape index (κ1) is 18.2. The molecule has 0 bridgehead atoms. The third kappa shape index (κ3) is 4.85. The number of primary sulfonamides is 1. The molecule has 118 valence electrons. The molecule has 2 N–H and O–H groups in total. The van der Waals surface area contributed by atoms with Crippen molar-refractivity contribution in [1.82, 2.24) is 4.90 Å². The molecular weight excluding hydrogens is 335 g/mol. The lowest BCUT2D eigenvalue weighted by Gasteiger charge is -2.18. The SMILES string of the molecule is CCCCCN(C)C(=O)c1cc(S(N)(=O)=O)c(Cl)cc1Cl. The van der Waals surface area contributed by atoms with Crippen molar-refractivity contribution in [2.45, 2.75) is 31.1 Å². The van der Waals surface area contributed by atoms with E-state index in [1.165, 1.54) is 11.0 Å². The normalized spacial score (nSPS) is 11.5. The van der Waals surface area contributed by atoms with E-state index in [4.69, 9.17) is 28.3 Å². The van der Waals surface area contributed by atoms with Gasteiger partial charge in [0.05, 0.1) is 15.6 Å². The second kappa shape index (κ2) is 7.45. The van der Waals surface area contributed by atoms with Gasteiger partial charge in [0.1, 0.15) is 4.90 Å². The van der Waals surface area contributed by atoms with Gasteiger partial charge in [-0.25, -0.2) is 13.6 Å². The minimum Gasteiger partial charge on any atom is -0.342 e. The Hall–Kier alpha value is -0.820. The standard InChI is InChI=1S/C13H18Cl2N2O3S/c1-3-4-5-6-17(2)13(18)9-7-12(21(16,19)20)11(15)8-10(9)14/h7-8H,3-6H2,1-2H3,(H2,16,19,20). The van der Waals surface area contributed by atoms with Crippen LogP contribution in [-0.2, 0) is 10.0 Å². The molecule has 0 heterocycles. The van der Waals surface area contributed by atoms with Crippen LogP contribution in [0.4, 0.5) is 0 Å². The molecule has 21 heavy (non-hydrogen) atoms. The zero-order chi connectivity index (χ0) is 16.2. The molecule has 0 saturated heterocycles. The Morgan fingerprint density at radius 3 is 2.38 bits per heavy atom. The first-order valence-electron chi connectivity index (χ1n) is 6.45. The summed E-state index contributed by atoms with van der Waals surface area (Å²) in [5.74, 6) is -0.363. The Morgan fingerprint density at radius 1 is 1.24 bits per heavy atom. The summed E-state index contributed by atoms with van der Waals surface area (Å²) in [6, 6.07) is 2.34. The predicted molar refractivity (Wildman–Crippen MR) is 84.3 cm³/mol. The van der Waals surface area contributed by atoms with Gasteiger partial charge in [-0.15, -0.1) is 0 Å². The number of nitrogens with zero attached hydrogens (tertiary/aromatic N) is 1. The summed E-state index contributed by atoms with van der Waals surface area (Å²) < 4.78 is 22.9. The Bertz CT molecular complexity index is 633. The maximum absolute atomic E-state index is 12.3. The number of unbranched alkanes of at least 4 members (excludes halogenated alkanes) is 2. The molecule has 0 saturated carbocycles. The zero-order valence-corrected chi connectivity index (χ0v) is 14.2. The zero-order valence-electron chi connectivity index (χ0n) is 11.9. The van der Waals surface area contributed by atoms with E-state index < -0.39 is 10.0 Å². The van der Waals surface area contributed by atoms with Gasteiger partial charge < -0.3 is 4.90 Å². The monoisotopic (exact) mass is 352 g/mol. The molecule has 0 atom stereocenters. The van der Waals surface area contributed by atoms with Gasteiger partial charge in [0.2, 0.25) is 10.0 Å². The highest BCUT2D eigenvalue weighted by atomic mass is 35.5. The fourth-order valence-corrected chi connectivity index (χ4v) is 3.22. The van der Waals surface area contributed by atoms with Crippen LogP contribution in [0.3, 0.4) is 0 Å². The van der Waals surface area contributed by atoms with Gasteiger partial charge in [-0.05, 0) is 18.6 Å². The number of hydrogen-bond donors (Lipinski definition) is 1. The molecule has 1 aromatic rings. The molecule has 8 heteroatoms. The number of benzene rings is 1.